The Bertz CT molecular complexity index is 839. The summed E-state index contributed by atoms with van der Waals surface area (Å²) >= 11 is 5.64. The normalized spacial score (nSPS) is 15.3. The number of carbonyl (C=O) groups excluding carboxylic acids is 1. The number of amides is 1. The number of thiocarbonyl (C=S) groups is 1. The summed E-state index contributed by atoms with van der Waals surface area (Å²) in [6.45, 7) is 2.46. The molecule has 160 valence electrons. The van der Waals surface area contributed by atoms with Crippen molar-refractivity contribution in [1.82, 2.24) is 15.5 Å². The van der Waals surface area contributed by atoms with Crippen LogP contribution in [-0.2, 0) is 11.3 Å². The molecule has 0 aromatic heterocycles. The highest BCUT2D eigenvalue weighted by atomic mass is 32.1. The van der Waals surface area contributed by atoms with Gasteiger partial charge >= 0.3 is 0 Å². The molecule has 1 fully saturated rings. The number of benzene rings is 2. The second-order valence-corrected chi connectivity index (χ2v) is 8.26. The quantitative estimate of drug-likeness (QED) is 0.628. The fourth-order valence-corrected chi connectivity index (χ4v) is 4.23. The molecular formula is C24H30FN3OS. The fourth-order valence-electron chi connectivity index (χ4n) is 3.94. The zero-order chi connectivity index (χ0) is 21.3. The third-order valence-electron chi connectivity index (χ3n) is 5.65. The summed E-state index contributed by atoms with van der Waals surface area (Å²) in [7, 11) is 0. The van der Waals surface area contributed by atoms with Crippen LogP contribution in [0.25, 0.3) is 0 Å². The molecule has 6 heteroatoms. The first-order valence-corrected chi connectivity index (χ1v) is 11.1. The topological polar surface area (TPSA) is 44.4 Å². The fraction of sp³-hybridized carbons (Fsp3) is 0.417. The highest BCUT2D eigenvalue weighted by Crippen LogP contribution is 2.25. The smallest absolute Gasteiger partial charge is 0.239 e. The van der Waals surface area contributed by atoms with Gasteiger partial charge in [-0.15, -0.1) is 0 Å². The lowest BCUT2D eigenvalue weighted by Crippen LogP contribution is -2.49. The van der Waals surface area contributed by atoms with Crippen LogP contribution in [-0.4, -0.2) is 28.5 Å². The standard InChI is InChI=1S/C24H30FN3OS/c1-18(19-10-4-2-5-11-19)27-23(29)16-26-24(30)28(21-13-6-3-7-14-21)17-20-12-8-9-15-22(20)25/h2,4-5,8-12,15,18,21H,3,6-7,13-14,16-17H2,1H3,(H,26,30)(H,27,29)/t18-/m1/s1. The van der Waals surface area contributed by atoms with Gasteiger partial charge < -0.3 is 15.5 Å². The van der Waals surface area contributed by atoms with E-state index in [1.165, 1.54) is 12.5 Å². The van der Waals surface area contributed by atoms with Crippen LogP contribution in [0.15, 0.2) is 54.6 Å². The molecule has 30 heavy (non-hydrogen) atoms. The van der Waals surface area contributed by atoms with E-state index in [4.69, 9.17) is 12.2 Å². The maximum absolute atomic E-state index is 14.2. The van der Waals surface area contributed by atoms with Crippen molar-refractivity contribution in [3.05, 3.63) is 71.5 Å². The van der Waals surface area contributed by atoms with E-state index in [1.807, 2.05) is 43.3 Å². The zero-order valence-electron chi connectivity index (χ0n) is 17.4. The van der Waals surface area contributed by atoms with E-state index in [0.29, 0.717) is 17.2 Å². The van der Waals surface area contributed by atoms with Gasteiger partial charge in [0.2, 0.25) is 5.91 Å². The summed E-state index contributed by atoms with van der Waals surface area (Å²) in [4.78, 5) is 14.5. The van der Waals surface area contributed by atoms with Crippen LogP contribution in [0, 0.1) is 5.82 Å². The molecule has 1 amide bonds. The Morgan fingerprint density at radius 3 is 2.47 bits per heavy atom. The predicted molar refractivity (Wildman–Crippen MR) is 122 cm³/mol. The molecule has 2 N–H and O–H groups in total. The number of nitrogens with one attached hydrogen (secondary N) is 2. The number of hydrogen-bond donors (Lipinski definition) is 2. The van der Waals surface area contributed by atoms with Crippen LogP contribution in [0.1, 0.15) is 56.2 Å². The summed E-state index contributed by atoms with van der Waals surface area (Å²) < 4.78 is 14.2. The van der Waals surface area contributed by atoms with Gasteiger partial charge in [-0.2, -0.15) is 0 Å². The van der Waals surface area contributed by atoms with Crippen molar-refractivity contribution in [2.75, 3.05) is 6.54 Å². The zero-order valence-corrected chi connectivity index (χ0v) is 18.3. The van der Waals surface area contributed by atoms with Crippen molar-refractivity contribution >= 4 is 23.2 Å². The number of rotatable bonds is 7. The van der Waals surface area contributed by atoms with Crippen LogP contribution in [0.3, 0.4) is 0 Å². The maximum atomic E-state index is 14.2. The SMILES string of the molecule is C[C@@H](NC(=O)CNC(=S)N(Cc1ccccc1F)C1CCCCC1)c1ccccc1. The van der Waals surface area contributed by atoms with Gasteiger partial charge in [0.1, 0.15) is 5.82 Å². The van der Waals surface area contributed by atoms with E-state index in [2.05, 4.69) is 15.5 Å². The van der Waals surface area contributed by atoms with Gasteiger partial charge in [0.25, 0.3) is 0 Å². The lowest BCUT2D eigenvalue weighted by molar-refractivity contribution is -0.120. The van der Waals surface area contributed by atoms with E-state index in [1.54, 1.807) is 12.1 Å². The molecule has 1 saturated carbocycles. The Morgan fingerprint density at radius 2 is 1.77 bits per heavy atom. The van der Waals surface area contributed by atoms with Gasteiger partial charge in [-0.25, -0.2) is 4.39 Å². The summed E-state index contributed by atoms with van der Waals surface area (Å²) in [5.74, 6) is -0.348. The Labute approximate surface area is 183 Å². The highest BCUT2D eigenvalue weighted by molar-refractivity contribution is 7.80. The van der Waals surface area contributed by atoms with Crippen molar-refractivity contribution in [3.63, 3.8) is 0 Å². The highest BCUT2D eigenvalue weighted by Gasteiger charge is 2.24. The minimum Gasteiger partial charge on any atom is -0.353 e. The van der Waals surface area contributed by atoms with Crippen molar-refractivity contribution in [1.29, 1.82) is 0 Å². The first kappa shape index (κ1) is 22.2. The summed E-state index contributed by atoms with van der Waals surface area (Å²) in [6.07, 6.45) is 5.59. The van der Waals surface area contributed by atoms with Gasteiger partial charge in [-0.1, -0.05) is 67.8 Å². The molecule has 0 bridgehead atoms. The molecule has 0 unspecified atom stereocenters. The van der Waals surface area contributed by atoms with Crippen LogP contribution in [0.2, 0.25) is 0 Å². The Kier molecular flexibility index (Phi) is 8.20. The second kappa shape index (κ2) is 11.1. The van der Waals surface area contributed by atoms with E-state index in [9.17, 15) is 9.18 Å². The van der Waals surface area contributed by atoms with Crippen molar-refractivity contribution in [2.45, 2.75) is 57.7 Å². The third-order valence-corrected chi connectivity index (χ3v) is 6.03. The van der Waals surface area contributed by atoms with Crippen LogP contribution in [0.4, 0.5) is 4.39 Å². The van der Waals surface area contributed by atoms with Gasteiger partial charge in [-0.3, -0.25) is 4.79 Å². The van der Waals surface area contributed by atoms with E-state index >= 15 is 0 Å². The minimum atomic E-state index is -0.226. The van der Waals surface area contributed by atoms with Crippen LogP contribution < -0.4 is 10.6 Å². The Hall–Kier alpha value is -2.47. The number of hydrogen-bond acceptors (Lipinski definition) is 2. The van der Waals surface area contributed by atoms with E-state index < -0.39 is 0 Å². The summed E-state index contributed by atoms with van der Waals surface area (Å²) in [5, 5.41) is 6.60. The van der Waals surface area contributed by atoms with Gasteiger partial charge in [-0.05, 0) is 43.6 Å². The van der Waals surface area contributed by atoms with Crippen LogP contribution in [0.5, 0.6) is 0 Å². The molecule has 3 rings (SSSR count). The average molecular weight is 428 g/mol. The van der Waals surface area contributed by atoms with Gasteiger partial charge in [0.15, 0.2) is 5.11 Å². The first-order valence-electron chi connectivity index (χ1n) is 10.7. The monoisotopic (exact) mass is 427 g/mol. The molecule has 2 aromatic rings. The molecule has 0 aliphatic heterocycles. The van der Waals surface area contributed by atoms with Crippen molar-refractivity contribution in [3.8, 4) is 0 Å². The lowest BCUT2D eigenvalue weighted by atomic mass is 9.94. The maximum Gasteiger partial charge on any atom is 0.239 e. The Balaban J connectivity index is 1.59. The summed E-state index contributed by atoms with van der Waals surface area (Å²) in [6, 6.07) is 16.8. The molecule has 0 heterocycles. The van der Waals surface area contributed by atoms with Crippen molar-refractivity contribution < 1.29 is 9.18 Å². The molecule has 1 atom stereocenters. The largest absolute Gasteiger partial charge is 0.353 e. The molecule has 0 radical (unpaired) electrons. The molecule has 1 aliphatic rings. The van der Waals surface area contributed by atoms with Gasteiger partial charge in [0, 0.05) is 18.2 Å². The Morgan fingerprint density at radius 1 is 1.10 bits per heavy atom. The third kappa shape index (κ3) is 6.26. The first-order chi connectivity index (χ1) is 14.5. The number of carbonyl (C=O) groups is 1. The lowest BCUT2D eigenvalue weighted by Gasteiger charge is -2.36. The molecular weight excluding hydrogens is 397 g/mol. The van der Waals surface area contributed by atoms with E-state index in [0.717, 1.165) is 31.2 Å². The average Bonchev–Trinajstić information content (AvgIpc) is 2.78. The molecule has 2 aromatic carbocycles. The summed E-state index contributed by atoms with van der Waals surface area (Å²) in [5.41, 5.74) is 1.67. The number of halogens is 1. The molecule has 0 saturated heterocycles. The molecule has 0 spiro atoms. The van der Waals surface area contributed by atoms with Crippen LogP contribution >= 0.6 is 12.2 Å². The van der Waals surface area contributed by atoms with Crippen molar-refractivity contribution in [2.24, 2.45) is 0 Å². The molecule has 4 nitrogen and oxygen atoms in total. The van der Waals surface area contributed by atoms with Gasteiger partial charge in [0.05, 0.1) is 12.6 Å². The predicted octanol–water partition coefficient (Wildman–Crippen LogP) is 4.71. The number of nitrogens with zero attached hydrogens (tertiary/aromatic N) is 1. The second-order valence-electron chi connectivity index (χ2n) is 7.87. The minimum absolute atomic E-state index is 0.0815. The van der Waals surface area contributed by atoms with E-state index in [-0.39, 0.29) is 30.4 Å². The molecule has 1 aliphatic carbocycles.